The smallest absolute Gasteiger partial charge is 0.321 e. The van der Waals surface area contributed by atoms with Crippen molar-refractivity contribution in [1.29, 1.82) is 0 Å². The minimum Gasteiger partial charge on any atom is -0.321 e. The van der Waals surface area contributed by atoms with Crippen molar-refractivity contribution in [3.63, 3.8) is 0 Å². The Morgan fingerprint density at radius 3 is 2.68 bits per heavy atom. The van der Waals surface area contributed by atoms with Crippen LogP contribution in [0.5, 0.6) is 0 Å². The largest absolute Gasteiger partial charge is 0.417 e. The molecule has 3 nitrogen and oxygen atoms in total. The van der Waals surface area contributed by atoms with Crippen LogP contribution in [0.4, 0.5) is 18.9 Å². The van der Waals surface area contributed by atoms with Gasteiger partial charge in [0.2, 0.25) is 0 Å². The molecule has 0 fully saturated rings. The second kappa shape index (κ2) is 5.18. The Labute approximate surface area is 115 Å². The number of halogens is 4. The minimum absolute atomic E-state index is 0.0233. The maximum absolute atomic E-state index is 12.6. The third-order valence-electron chi connectivity index (χ3n) is 2.19. The van der Waals surface area contributed by atoms with Gasteiger partial charge in [0.1, 0.15) is 4.88 Å². The lowest BCUT2D eigenvalue weighted by atomic mass is 10.2. The van der Waals surface area contributed by atoms with Crippen LogP contribution in [0.1, 0.15) is 15.2 Å². The Hall–Kier alpha value is -1.60. The number of hydrogen-bond donors (Lipinski definition) is 1. The van der Waals surface area contributed by atoms with E-state index in [-0.39, 0.29) is 5.69 Å². The van der Waals surface area contributed by atoms with Gasteiger partial charge < -0.3 is 5.32 Å². The quantitative estimate of drug-likeness (QED) is 0.909. The standard InChI is InChI=1S/C11H6ClF3N2OS/c12-8-2-1-6(3-7(8)11(13,14)15)17-10(18)9-4-16-5-19-9/h1-5H,(H,17,18). The van der Waals surface area contributed by atoms with E-state index in [1.165, 1.54) is 17.8 Å². The van der Waals surface area contributed by atoms with Gasteiger partial charge in [0.05, 0.1) is 22.3 Å². The third-order valence-corrected chi connectivity index (χ3v) is 3.29. The zero-order valence-corrected chi connectivity index (χ0v) is 10.7. The molecule has 0 spiro atoms. The number of alkyl halides is 3. The molecule has 1 aromatic heterocycles. The van der Waals surface area contributed by atoms with Crippen molar-refractivity contribution in [2.24, 2.45) is 0 Å². The number of anilines is 1. The molecule has 19 heavy (non-hydrogen) atoms. The molecule has 1 amide bonds. The van der Waals surface area contributed by atoms with E-state index in [9.17, 15) is 18.0 Å². The Kier molecular flexibility index (Phi) is 3.77. The summed E-state index contributed by atoms with van der Waals surface area (Å²) in [5.74, 6) is -0.516. The number of nitrogens with zero attached hydrogens (tertiary/aromatic N) is 1. The van der Waals surface area contributed by atoms with Crippen molar-refractivity contribution < 1.29 is 18.0 Å². The number of thiazole rings is 1. The predicted octanol–water partition coefficient (Wildman–Crippen LogP) is 4.07. The van der Waals surface area contributed by atoms with Crippen molar-refractivity contribution in [2.45, 2.75) is 6.18 Å². The Balaban J connectivity index is 2.25. The molecule has 0 aliphatic rings. The Morgan fingerprint density at radius 1 is 1.37 bits per heavy atom. The van der Waals surface area contributed by atoms with Crippen LogP contribution in [0, 0.1) is 0 Å². The van der Waals surface area contributed by atoms with Crippen LogP contribution in [0.2, 0.25) is 5.02 Å². The second-order valence-electron chi connectivity index (χ2n) is 3.51. The van der Waals surface area contributed by atoms with Gasteiger partial charge in [0.15, 0.2) is 0 Å². The van der Waals surface area contributed by atoms with Crippen LogP contribution in [-0.2, 0) is 6.18 Å². The normalized spacial score (nSPS) is 11.4. The molecule has 0 saturated heterocycles. The average Bonchev–Trinajstić information content (AvgIpc) is 2.83. The highest BCUT2D eigenvalue weighted by atomic mass is 35.5. The molecular formula is C11H6ClF3N2OS. The molecule has 0 radical (unpaired) electrons. The lowest BCUT2D eigenvalue weighted by Gasteiger charge is -2.11. The van der Waals surface area contributed by atoms with Crippen LogP contribution in [0.25, 0.3) is 0 Å². The van der Waals surface area contributed by atoms with E-state index in [4.69, 9.17) is 11.6 Å². The lowest BCUT2D eigenvalue weighted by Crippen LogP contribution is -2.12. The van der Waals surface area contributed by atoms with Crippen molar-refractivity contribution >= 4 is 34.5 Å². The fraction of sp³-hybridized carbons (Fsp3) is 0.0909. The highest BCUT2D eigenvalue weighted by Gasteiger charge is 2.33. The third kappa shape index (κ3) is 3.24. The molecule has 1 N–H and O–H groups in total. The first-order valence-electron chi connectivity index (χ1n) is 4.94. The van der Waals surface area contributed by atoms with Gasteiger partial charge in [0.25, 0.3) is 5.91 Å². The first-order valence-corrected chi connectivity index (χ1v) is 6.20. The van der Waals surface area contributed by atoms with Crippen molar-refractivity contribution in [1.82, 2.24) is 4.98 Å². The number of rotatable bonds is 2. The van der Waals surface area contributed by atoms with E-state index in [1.807, 2.05) is 0 Å². The highest BCUT2D eigenvalue weighted by molar-refractivity contribution is 7.11. The van der Waals surface area contributed by atoms with Gasteiger partial charge >= 0.3 is 6.18 Å². The van der Waals surface area contributed by atoms with E-state index in [0.717, 1.165) is 23.5 Å². The molecule has 0 bridgehead atoms. The molecule has 0 saturated carbocycles. The van der Waals surface area contributed by atoms with E-state index >= 15 is 0 Å². The van der Waals surface area contributed by atoms with Gasteiger partial charge in [-0.3, -0.25) is 9.78 Å². The summed E-state index contributed by atoms with van der Waals surface area (Å²) in [7, 11) is 0. The SMILES string of the molecule is O=C(Nc1ccc(Cl)c(C(F)(F)F)c1)c1cncs1. The summed E-state index contributed by atoms with van der Waals surface area (Å²) in [4.78, 5) is 15.7. The molecule has 0 aliphatic heterocycles. The summed E-state index contributed by atoms with van der Waals surface area (Å²) >= 11 is 6.57. The number of carbonyl (C=O) groups excluding carboxylic acids is 1. The molecule has 0 atom stereocenters. The number of aromatic nitrogens is 1. The van der Waals surface area contributed by atoms with Gasteiger partial charge in [-0.15, -0.1) is 11.3 Å². The number of benzene rings is 1. The van der Waals surface area contributed by atoms with E-state index < -0.39 is 22.7 Å². The summed E-state index contributed by atoms with van der Waals surface area (Å²) in [6.07, 6.45) is -3.23. The highest BCUT2D eigenvalue weighted by Crippen LogP contribution is 2.36. The van der Waals surface area contributed by atoms with Gasteiger partial charge in [-0.2, -0.15) is 13.2 Å². The topological polar surface area (TPSA) is 42.0 Å². The summed E-state index contributed by atoms with van der Waals surface area (Å²) in [5.41, 5.74) is 0.490. The maximum Gasteiger partial charge on any atom is 0.417 e. The molecule has 0 aliphatic carbocycles. The number of hydrogen-bond acceptors (Lipinski definition) is 3. The van der Waals surface area contributed by atoms with Crippen LogP contribution < -0.4 is 5.32 Å². The van der Waals surface area contributed by atoms with E-state index in [1.54, 1.807) is 0 Å². The molecule has 100 valence electrons. The molecule has 0 unspecified atom stereocenters. The van der Waals surface area contributed by atoms with Gasteiger partial charge in [0, 0.05) is 5.69 Å². The molecule has 8 heteroatoms. The van der Waals surface area contributed by atoms with Crippen LogP contribution >= 0.6 is 22.9 Å². The Bertz CT molecular complexity index is 598. The number of amides is 1. The summed E-state index contributed by atoms with van der Waals surface area (Å²) in [5, 5.41) is 1.94. The molecule has 2 rings (SSSR count). The minimum atomic E-state index is -4.57. The van der Waals surface area contributed by atoms with Crippen LogP contribution in [0.15, 0.2) is 29.9 Å². The van der Waals surface area contributed by atoms with Gasteiger partial charge in [-0.05, 0) is 18.2 Å². The van der Waals surface area contributed by atoms with Crippen molar-refractivity contribution in [3.05, 3.63) is 45.4 Å². The summed E-state index contributed by atoms with van der Waals surface area (Å²) < 4.78 is 37.9. The lowest BCUT2D eigenvalue weighted by molar-refractivity contribution is -0.137. The first-order chi connectivity index (χ1) is 8.88. The second-order valence-corrected chi connectivity index (χ2v) is 4.81. The first kappa shape index (κ1) is 13.8. The maximum atomic E-state index is 12.6. The predicted molar refractivity (Wildman–Crippen MR) is 66.5 cm³/mol. The fourth-order valence-corrected chi connectivity index (χ4v) is 2.08. The van der Waals surface area contributed by atoms with Crippen molar-refractivity contribution in [3.8, 4) is 0 Å². The molecular weight excluding hydrogens is 301 g/mol. The summed E-state index contributed by atoms with van der Waals surface area (Å²) in [6.45, 7) is 0. The zero-order chi connectivity index (χ0) is 14.0. The zero-order valence-electron chi connectivity index (χ0n) is 9.16. The van der Waals surface area contributed by atoms with Gasteiger partial charge in [-0.25, -0.2) is 0 Å². The van der Waals surface area contributed by atoms with E-state index in [2.05, 4.69) is 10.3 Å². The number of nitrogens with one attached hydrogen (secondary N) is 1. The van der Waals surface area contributed by atoms with Crippen LogP contribution in [0.3, 0.4) is 0 Å². The molecule has 1 aromatic carbocycles. The molecule has 2 aromatic rings. The monoisotopic (exact) mass is 306 g/mol. The fourth-order valence-electron chi connectivity index (χ4n) is 1.34. The molecule has 1 heterocycles. The van der Waals surface area contributed by atoms with Gasteiger partial charge in [-0.1, -0.05) is 11.6 Å². The van der Waals surface area contributed by atoms with E-state index in [0.29, 0.717) is 4.88 Å². The number of carbonyl (C=O) groups is 1. The van der Waals surface area contributed by atoms with Crippen molar-refractivity contribution in [2.75, 3.05) is 5.32 Å². The summed E-state index contributed by atoms with van der Waals surface area (Å²) in [6, 6.07) is 3.18. The average molecular weight is 307 g/mol. The van der Waals surface area contributed by atoms with Crippen LogP contribution in [-0.4, -0.2) is 10.9 Å². The Morgan fingerprint density at radius 2 is 2.11 bits per heavy atom.